The molecule has 0 saturated carbocycles. The Morgan fingerprint density at radius 3 is 1.70 bits per heavy atom. The second kappa shape index (κ2) is 7.72. The van der Waals surface area contributed by atoms with E-state index >= 15 is 0 Å². The van der Waals surface area contributed by atoms with Gasteiger partial charge < -0.3 is 0 Å². The van der Waals surface area contributed by atoms with Crippen molar-refractivity contribution in [3.63, 3.8) is 0 Å². The molecule has 0 aliphatic carbocycles. The second-order valence-electron chi connectivity index (χ2n) is 5.84. The lowest BCUT2D eigenvalue weighted by molar-refractivity contribution is -0.143. The van der Waals surface area contributed by atoms with Crippen LogP contribution in [0.2, 0.25) is 0 Å². The molecule has 2 rings (SSSR count). The average Bonchev–Trinajstić information content (AvgIpc) is 2.58. The molecule has 0 aliphatic rings. The molecule has 2 aromatic rings. The van der Waals surface area contributed by atoms with Crippen LogP contribution in [0.5, 0.6) is 0 Å². The third-order valence-electron chi connectivity index (χ3n) is 3.71. The van der Waals surface area contributed by atoms with Crippen LogP contribution in [-0.4, -0.2) is 8.42 Å². The molecule has 0 atom stereocenters. The van der Waals surface area contributed by atoms with Crippen molar-refractivity contribution in [2.75, 3.05) is 0 Å². The summed E-state index contributed by atoms with van der Waals surface area (Å²) >= 11 is 0. The van der Waals surface area contributed by atoms with E-state index in [1.54, 1.807) is 0 Å². The van der Waals surface area contributed by atoms with Gasteiger partial charge >= 0.3 is 18.5 Å². The van der Waals surface area contributed by atoms with E-state index in [1.165, 1.54) is 4.72 Å². The Balaban J connectivity index is 2.44. The molecule has 0 amide bonds. The van der Waals surface area contributed by atoms with Crippen LogP contribution in [0.3, 0.4) is 0 Å². The summed E-state index contributed by atoms with van der Waals surface area (Å²) in [5.74, 6) is -1.84. The molecule has 0 aliphatic heterocycles. The zero-order valence-corrected chi connectivity index (χ0v) is 15.0. The van der Waals surface area contributed by atoms with Gasteiger partial charge in [0.2, 0.25) is 10.0 Å². The van der Waals surface area contributed by atoms with E-state index in [1.807, 2.05) is 0 Å². The minimum Gasteiger partial charge on any atom is -0.207 e. The van der Waals surface area contributed by atoms with Crippen LogP contribution in [-0.2, 0) is 35.1 Å². The molecule has 3 nitrogen and oxygen atoms in total. The molecule has 0 radical (unpaired) electrons. The van der Waals surface area contributed by atoms with Crippen LogP contribution in [0.4, 0.5) is 43.9 Å². The smallest absolute Gasteiger partial charge is 0.207 e. The number of sulfonamides is 1. The number of benzene rings is 2. The van der Waals surface area contributed by atoms with Gasteiger partial charge in [-0.3, -0.25) is 0 Å². The molecule has 0 aromatic heterocycles. The van der Waals surface area contributed by atoms with E-state index in [4.69, 9.17) is 0 Å². The Morgan fingerprint density at radius 1 is 0.767 bits per heavy atom. The van der Waals surface area contributed by atoms with E-state index in [0.717, 1.165) is 12.1 Å². The van der Waals surface area contributed by atoms with Crippen LogP contribution in [0.25, 0.3) is 0 Å². The van der Waals surface area contributed by atoms with Crippen LogP contribution >= 0.6 is 0 Å². The summed E-state index contributed by atoms with van der Waals surface area (Å²) in [4.78, 5) is -1.45. The maximum atomic E-state index is 13.9. The minimum atomic E-state index is -5.32. The van der Waals surface area contributed by atoms with Crippen molar-refractivity contribution in [3.05, 3.63) is 64.5 Å². The normalized spacial score (nSPS) is 13.5. The van der Waals surface area contributed by atoms with Gasteiger partial charge in [-0.15, -0.1) is 0 Å². The number of halogens is 10. The highest BCUT2D eigenvalue weighted by Gasteiger charge is 2.38. The van der Waals surface area contributed by atoms with E-state index in [2.05, 4.69) is 0 Å². The average molecular weight is 469 g/mol. The third kappa shape index (κ3) is 5.41. The summed E-state index contributed by atoms with van der Waals surface area (Å²) in [5, 5.41) is 0. The van der Waals surface area contributed by atoms with Gasteiger partial charge in [0, 0.05) is 12.1 Å². The summed E-state index contributed by atoms with van der Waals surface area (Å²) in [6.07, 6.45) is -15.8. The molecule has 0 spiro atoms. The van der Waals surface area contributed by atoms with Crippen molar-refractivity contribution in [3.8, 4) is 0 Å². The van der Waals surface area contributed by atoms with E-state index in [9.17, 15) is 52.3 Å². The van der Waals surface area contributed by atoms with Gasteiger partial charge in [-0.05, 0) is 24.3 Å². The van der Waals surface area contributed by atoms with E-state index in [0.29, 0.717) is 6.07 Å². The van der Waals surface area contributed by atoms with Gasteiger partial charge in [-0.2, -0.15) is 39.5 Å². The molecule has 0 unspecified atom stereocenters. The van der Waals surface area contributed by atoms with Crippen LogP contribution in [0.15, 0.2) is 41.3 Å². The molecule has 30 heavy (non-hydrogen) atoms. The van der Waals surface area contributed by atoms with Crippen LogP contribution in [0.1, 0.15) is 22.3 Å². The molecule has 1 N–H and O–H groups in total. The monoisotopic (exact) mass is 469 g/mol. The van der Waals surface area contributed by atoms with Gasteiger partial charge in [0.15, 0.2) is 0 Å². The molecular weight excluding hydrogens is 460 g/mol. The van der Waals surface area contributed by atoms with Crippen molar-refractivity contribution in [1.82, 2.24) is 4.72 Å². The zero-order valence-electron chi connectivity index (χ0n) is 14.2. The molecular formula is C16H9F10NO2S. The maximum absolute atomic E-state index is 13.9. The summed E-state index contributed by atoms with van der Waals surface area (Å²) in [6.45, 7) is -1.16. The van der Waals surface area contributed by atoms with Crippen molar-refractivity contribution in [2.24, 2.45) is 0 Å². The second-order valence-corrected chi connectivity index (χ2v) is 7.61. The molecule has 2 aromatic carbocycles. The van der Waals surface area contributed by atoms with Crippen LogP contribution in [0, 0.1) is 5.82 Å². The van der Waals surface area contributed by atoms with Crippen molar-refractivity contribution in [1.29, 1.82) is 0 Å². The quantitative estimate of drug-likeness (QED) is 0.613. The Hall–Kier alpha value is -2.35. The fourth-order valence-electron chi connectivity index (χ4n) is 2.27. The lowest BCUT2D eigenvalue weighted by Gasteiger charge is -2.15. The zero-order chi connectivity index (χ0) is 23.1. The predicted molar refractivity (Wildman–Crippen MR) is 81.9 cm³/mol. The van der Waals surface area contributed by atoms with Gasteiger partial charge in [0.25, 0.3) is 0 Å². The molecule has 14 heteroatoms. The molecule has 0 bridgehead atoms. The number of nitrogens with one attached hydrogen (secondary N) is 1. The first-order valence-electron chi connectivity index (χ1n) is 7.56. The number of hydrogen-bond acceptors (Lipinski definition) is 2. The lowest BCUT2D eigenvalue weighted by atomic mass is 10.1. The van der Waals surface area contributed by atoms with Gasteiger partial charge in [-0.1, -0.05) is 12.1 Å². The molecule has 0 fully saturated rings. The highest BCUT2D eigenvalue weighted by molar-refractivity contribution is 7.89. The largest absolute Gasteiger partial charge is 0.419 e. The fraction of sp³-hybridized carbons (Fsp3) is 0.250. The fourth-order valence-corrected chi connectivity index (χ4v) is 3.35. The molecule has 0 heterocycles. The van der Waals surface area contributed by atoms with Gasteiger partial charge in [0.1, 0.15) is 5.82 Å². The summed E-state index contributed by atoms with van der Waals surface area (Å²) in [5.41, 5.74) is -6.38. The highest BCUT2D eigenvalue weighted by atomic mass is 32.2. The lowest BCUT2D eigenvalue weighted by Crippen LogP contribution is -2.25. The number of alkyl halides is 9. The van der Waals surface area contributed by atoms with Crippen molar-refractivity contribution in [2.45, 2.75) is 30.0 Å². The van der Waals surface area contributed by atoms with Gasteiger partial charge in [0.05, 0.1) is 21.6 Å². The Kier molecular flexibility index (Phi) is 6.16. The van der Waals surface area contributed by atoms with Crippen LogP contribution < -0.4 is 4.72 Å². The SMILES string of the molecule is O=S(=O)(NCc1cccc(C(F)(F)F)c1F)c1cc(C(F)(F)F)cc(C(F)(F)F)c1. The first kappa shape index (κ1) is 23.9. The summed E-state index contributed by atoms with van der Waals surface area (Å²) in [7, 11) is -5.09. The standard InChI is InChI=1S/C16H9F10NO2S/c17-13-8(2-1-3-12(13)16(24,25)26)7-27-30(28,29)11-5-9(14(18,19)20)4-10(6-11)15(21,22)23/h1-6,27H,7H2. The molecule has 0 saturated heterocycles. The maximum Gasteiger partial charge on any atom is 0.419 e. The number of rotatable bonds is 4. The highest BCUT2D eigenvalue weighted by Crippen LogP contribution is 2.37. The predicted octanol–water partition coefficient (Wildman–Crippen LogP) is 5.36. The topological polar surface area (TPSA) is 46.2 Å². The van der Waals surface area contributed by atoms with Crippen molar-refractivity contribution >= 4 is 10.0 Å². The Bertz CT molecular complexity index is 1010. The minimum absolute atomic E-state index is 0.0833. The first-order valence-corrected chi connectivity index (χ1v) is 9.05. The Morgan fingerprint density at radius 2 is 1.27 bits per heavy atom. The Labute approximate surface area is 162 Å². The van der Waals surface area contributed by atoms with E-state index in [-0.39, 0.29) is 18.2 Å². The van der Waals surface area contributed by atoms with E-state index < -0.39 is 68.1 Å². The van der Waals surface area contributed by atoms with Gasteiger partial charge in [-0.25, -0.2) is 17.5 Å². The first-order chi connectivity index (χ1) is 13.4. The van der Waals surface area contributed by atoms with Crippen molar-refractivity contribution < 1.29 is 52.3 Å². The number of hydrogen-bond donors (Lipinski definition) is 1. The summed E-state index contributed by atoms with van der Waals surface area (Å²) < 4.78 is 155. The summed E-state index contributed by atoms with van der Waals surface area (Å²) in [6, 6.07) is 1.42. The molecule has 166 valence electrons. The third-order valence-corrected chi connectivity index (χ3v) is 5.09.